The smallest absolute Gasteiger partial charge is 0.306 e. The van der Waals surface area contributed by atoms with Crippen LogP contribution in [0.2, 0.25) is 0 Å². The summed E-state index contributed by atoms with van der Waals surface area (Å²) in [5.74, 6) is -1.09. The molecule has 2 rings (SSSR count). The average Bonchev–Trinajstić information content (AvgIpc) is 2.88. The summed E-state index contributed by atoms with van der Waals surface area (Å²) in [6, 6.07) is 1.78. The Hall–Kier alpha value is -2.15. The standard InChI is InChI=1S/C14H19N3O4/c1-21-9(6-12(18)19)7-16-14-10(13(15)20)5-8-3-2-4-11(8)17-14/h5,9H,2-4,6-7H2,1H3,(H2,15,20)(H,16,17)(H,18,19). The minimum atomic E-state index is -0.944. The molecule has 1 amide bonds. The van der Waals surface area contributed by atoms with Gasteiger partial charge in [-0.15, -0.1) is 0 Å². The summed E-state index contributed by atoms with van der Waals surface area (Å²) >= 11 is 0. The number of aliphatic carboxylic acids is 1. The summed E-state index contributed by atoms with van der Waals surface area (Å²) in [4.78, 5) is 26.7. The summed E-state index contributed by atoms with van der Waals surface area (Å²) in [5.41, 5.74) is 7.74. The molecule has 1 aliphatic carbocycles. The van der Waals surface area contributed by atoms with Gasteiger partial charge < -0.3 is 20.9 Å². The van der Waals surface area contributed by atoms with Crippen molar-refractivity contribution in [2.75, 3.05) is 19.0 Å². The summed E-state index contributed by atoms with van der Waals surface area (Å²) in [5, 5.41) is 11.8. The fraction of sp³-hybridized carbons (Fsp3) is 0.500. The van der Waals surface area contributed by atoms with Crippen LogP contribution in [0.4, 0.5) is 5.82 Å². The number of fused-ring (bicyclic) bond motifs is 1. The predicted octanol–water partition coefficient (Wildman–Crippen LogP) is 0.571. The molecule has 7 heteroatoms. The molecule has 0 aliphatic heterocycles. The quantitative estimate of drug-likeness (QED) is 0.677. The highest BCUT2D eigenvalue weighted by molar-refractivity contribution is 5.97. The molecule has 0 bridgehead atoms. The van der Waals surface area contributed by atoms with Gasteiger partial charge in [0.1, 0.15) is 5.82 Å². The zero-order valence-corrected chi connectivity index (χ0v) is 11.9. The van der Waals surface area contributed by atoms with E-state index in [4.69, 9.17) is 15.6 Å². The summed E-state index contributed by atoms with van der Waals surface area (Å²) < 4.78 is 5.09. The first-order valence-electron chi connectivity index (χ1n) is 6.82. The number of amides is 1. The fourth-order valence-electron chi connectivity index (χ4n) is 2.44. The number of carbonyl (C=O) groups is 2. The second-order valence-electron chi connectivity index (χ2n) is 5.04. The van der Waals surface area contributed by atoms with Crippen molar-refractivity contribution in [2.45, 2.75) is 31.8 Å². The third-order valence-corrected chi connectivity index (χ3v) is 3.55. The van der Waals surface area contributed by atoms with Crippen LogP contribution >= 0.6 is 0 Å². The number of aromatic nitrogens is 1. The Labute approximate surface area is 122 Å². The molecule has 1 unspecified atom stereocenters. The van der Waals surface area contributed by atoms with Crippen molar-refractivity contribution in [2.24, 2.45) is 5.73 Å². The van der Waals surface area contributed by atoms with Crippen LogP contribution in [0.5, 0.6) is 0 Å². The van der Waals surface area contributed by atoms with Gasteiger partial charge in [-0.2, -0.15) is 0 Å². The maximum absolute atomic E-state index is 11.5. The second kappa shape index (κ2) is 6.53. The number of carbonyl (C=O) groups excluding carboxylic acids is 1. The van der Waals surface area contributed by atoms with Crippen molar-refractivity contribution in [1.82, 2.24) is 4.98 Å². The van der Waals surface area contributed by atoms with Gasteiger partial charge in [-0.25, -0.2) is 4.98 Å². The Kier molecular flexibility index (Phi) is 4.74. The number of carboxylic acid groups (broad SMARTS) is 1. The molecule has 0 fully saturated rings. The van der Waals surface area contributed by atoms with Gasteiger partial charge in [-0.3, -0.25) is 9.59 Å². The van der Waals surface area contributed by atoms with Crippen molar-refractivity contribution in [3.8, 4) is 0 Å². The van der Waals surface area contributed by atoms with E-state index in [2.05, 4.69) is 10.3 Å². The molecule has 1 heterocycles. The van der Waals surface area contributed by atoms with E-state index in [1.807, 2.05) is 0 Å². The summed E-state index contributed by atoms with van der Waals surface area (Å²) in [7, 11) is 1.44. The van der Waals surface area contributed by atoms with Crippen LogP contribution in [-0.4, -0.2) is 41.7 Å². The van der Waals surface area contributed by atoms with Crippen LogP contribution in [-0.2, 0) is 22.4 Å². The van der Waals surface area contributed by atoms with Gasteiger partial charge in [-0.1, -0.05) is 0 Å². The lowest BCUT2D eigenvalue weighted by molar-refractivity contribution is -0.139. The van der Waals surface area contributed by atoms with Crippen LogP contribution < -0.4 is 11.1 Å². The van der Waals surface area contributed by atoms with E-state index >= 15 is 0 Å². The number of pyridine rings is 1. The molecule has 0 radical (unpaired) electrons. The molecule has 0 saturated heterocycles. The number of hydrogen-bond acceptors (Lipinski definition) is 5. The molecular weight excluding hydrogens is 274 g/mol. The average molecular weight is 293 g/mol. The topological polar surface area (TPSA) is 115 Å². The van der Waals surface area contributed by atoms with E-state index in [1.54, 1.807) is 6.07 Å². The number of aryl methyl sites for hydroxylation is 2. The SMILES string of the molecule is COC(CNc1nc2c(cc1C(N)=O)CCC2)CC(=O)O. The highest BCUT2D eigenvalue weighted by Crippen LogP contribution is 2.25. The molecule has 114 valence electrons. The fourth-order valence-corrected chi connectivity index (χ4v) is 2.44. The predicted molar refractivity (Wildman–Crippen MR) is 76.3 cm³/mol. The number of nitrogens with zero attached hydrogens (tertiary/aromatic N) is 1. The van der Waals surface area contributed by atoms with E-state index in [-0.39, 0.29) is 13.0 Å². The van der Waals surface area contributed by atoms with Crippen molar-refractivity contribution >= 4 is 17.7 Å². The lowest BCUT2D eigenvalue weighted by Gasteiger charge is -2.16. The Morgan fingerprint density at radius 3 is 2.90 bits per heavy atom. The molecule has 21 heavy (non-hydrogen) atoms. The zero-order chi connectivity index (χ0) is 15.4. The molecule has 0 aromatic carbocycles. The normalized spacial score (nSPS) is 14.5. The van der Waals surface area contributed by atoms with Gasteiger partial charge in [0, 0.05) is 19.3 Å². The van der Waals surface area contributed by atoms with E-state index < -0.39 is 18.0 Å². The molecule has 0 spiro atoms. The van der Waals surface area contributed by atoms with Gasteiger partial charge in [-0.05, 0) is 30.9 Å². The molecule has 1 atom stereocenters. The zero-order valence-electron chi connectivity index (χ0n) is 11.9. The van der Waals surface area contributed by atoms with Crippen LogP contribution in [0.3, 0.4) is 0 Å². The number of anilines is 1. The number of rotatable bonds is 7. The Bertz CT molecular complexity index is 559. The van der Waals surface area contributed by atoms with Crippen molar-refractivity contribution < 1.29 is 19.4 Å². The maximum atomic E-state index is 11.5. The van der Waals surface area contributed by atoms with Gasteiger partial charge in [0.05, 0.1) is 18.1 Å². The number of nitrogens with one attached hydrogen (secondary N) is 1. The highest BCUT2D eigenvalue weighted by atomic mass is 16.5. The van der Waals surface area contributed by atoms with Crippen LogP contribution in [0.25, 0.3) is 0 Å². The first-order chi connectivity index (χ1) is 10.0. The van der Waals surface area contributed by atoms with Crippen molar-refractivity contribution in [1.29, 1.82) is 0 Å². The Morgan fingerprint density at radius 1 is 1.52 bits per heavy atom. The van der Waals surface area contributed by atoms with E-state index in [0.717, 1.165) is 30.5 Å². The minimum Gasteiger partial charge on any atom is -0.481 e. The monoisotopic (exact) mass is 293 g/mol. The number of nitrogens with two attached hydrogens (primary N) is 1. The lowest BCUT2D eigenvalue weighted by atomic mass is 10.1. The third-order valence-electron chi connectivity index (χ3n) is 3.55. The Balaban J connectivity index is 2.15. The lowest BCUT2D eigenvalue weighted by Crippen LogP contribution is -2.27. The second-order valence-corrected chi connectivity index (χ2v) is 5.04. The van der Waals surface area contributed by atoms with Crippen LogP contribution in [0, 0.1) is 0 Å². The number of ether oxygens (including phenoxy) is 1. The molecule has 0 saturated carbocycles. The molecule has 1 aromatic heterocycles. The third kappa shape index (κ3) is 3.69. The molecule has 1 aliphatic rings. The van der Waals surface area contributed by atoms with Gasteiger partial charge in [0.25, 0.3) is 5.91 Å². The summed E-state index contributed by atoms with van der Waals surface area (Å²) in [6.45, 7) is 0.245. The van der Waals surface area contributed by atoms with Crippen LogP contribution in [0.1, 0.15) is 34.5 Å². The maximum Gasteiger partial charge on any atom is 0.306 e. The first kappa shape index (κ1) is 15.2. The summed E-state index contributed by atoms with van der Waals surface area (Å²) in [6.07, 6.45) is 2.18. The molecule has 7 nitrogen and oxygen atoms in total. The number of methoxy groups -OCH3 is 1. The van der Waals surface area contributed by atoms with Crippen molar-refractivity contribution in [3.05, 3.63) is 22.9 Å². The van der Waals surface area contributed by atoms with E-state index in [0.29, 0.717) is 11.4 Å². The number of carboxylic acids is 1. The molecule has 1 aromatic rings. The Morgan fingerprint density at radius 2 is 2.29 bits per heavy atom. The number of primary amides is 1. The minimum absolute atomic E-state index is 0.125. The van der Waals surface area contributed by atoms with Crippen molar-refractivity contribution in [3.63, 3.8) is 0 Å². The largest absolute Gasteiger partial charge is 0.481 e. The van der Waals surface area contributed by atoms with Gasteiger partial charge in [0.15, 0.2) is 0 Å². The van der Waals surface area contributed by atoms with E-state index in [1.165, 1.54) is 7.11 Å². The highest BCUT2D eigenvalue weighted by Gasteiger charge is 2.20. The van der Waals surface area contributed by atoms with Gasteiger partial charge in [0.2, 0.25) is 0 Å². The first-order valence-corrected chi connectivity index (χ1v) is 6.82. The van der Waals surface area contributed by atoms with E-state index in [9.17, 15) is 9.59 Å². The molecule has 4 N–H and O–H groups in total. The molecular formula is C14H19N3O4. The number of hydrogen-bond donors (Lipinski definition) is 3. The van der Waals surface area contributed by atoms with Crippen LogP contribution in [0.15, 0.2) is 6.07 Å². The van der Waals surface area contributed by atoms with Gasteiger partial charge >= 0.3 is 5.97 Å².